The van der Waals surface area contributed by atoms with Crippen LogP contribution in [0, 0.1) is 13.8 Å². The molecule has 8 aromatic rings. The summed E-state index contributed by atoms with van der Waals surface area (Å²) in [4.78, 5) is 97.1. The number of pyridine rings is 5. The van der Waals surface area contributed by atoms with Crippen molar-refractivity contribution in [2.75, 3.05) is 37.5 Å². The van der Waals surface area contributed by atoms with Crippen molar-refractivity contribution < 1.29 is 48.1 Å². The van der Waals surface area contributed by atoms with Crippen molar-refractivity contribution in [3.05, 3.63) is 225 Å². The monoisotopic (exact) mass is 1550 g/mol. The van der Waals surface area contributed by atoms with Crippen LogP contribution in [-0.2, 0) is 47.3 Å². The number of aromatic hydroxyl groups is 1. The van der Waals surface area contributed by atoms with Crippen LogP contribution in [0.4, 0.5) is 31.4 Å². The average Bonchev–Trinajstić information content (AvgIpc) is 1.79. The molecule has 0 atom stereocenters. The second kappa shape index (κ2) is 35.3. The molecule has 8 heterocycles. The molecule has 0 unspecified atom stereocenters. The molecule has 3 saturated heterocycles. The van der Waals surface area contributed by atoms with Crippen molar-refractivity contribution in [1.29, 1.82) is 0 Å². The molecule has 0 spiro atoms. The number of nitrogens with zero attached hydrogens (tertiary/aromatic N) is 8. The molecule has 3 aliphatic heterocycles. The zero-order valence-corrected chi connectivity index (χ0v) is 58.1. The lowest BCUT2D eigenvalue weighted by atomic mass is 10.1. The summed E-state index contributed by atoms with van der Waals surface area (Å²) in [6.07, 6.45) is 18.7. The third kappa shape index (κ3) is 20.5. The van der Waals surface area contributed by atoms with Crippen molar-refractivity contribution in [3.8, 4) is 23.0 Å². The maximum Gasteiger partial charge on any atom is 0.293 e. The number of imide groups is 3. The first-order valence-corrected chi connectivity index (χ1v) is 32.5. The van der Waals surface area contributed by atoms with Gasteiger partial charge in [0.05, 0.1) is 56.3 Å². The summed E-state index contributed by atoms with van der Waals surface area (Å²) in [5.74, 6) is 0.576. The predicted molar refractivity (Wildman–Crippen MR) is 389 cm³/mol. The van der Waals surface area contributed by atoms with Crippen LogP contribution in [-0.4, -0.2) is 99.3 Å². The molecule has 0 saturated carbocycles. The maximum atomic E-state index is 12.2. The van der Waals surface area contributed by atoms with E-state index in [2.05, 4.69) is 83.3 Å². The van der Waals surface area contributed by atoms with Crippen LogP contribution in [0.25, 0.3) is 18.2 Å². The Morgan fingerprint density at radius 2 is 0.863 bits per heavy atom. The number of aryl methyl sites for hydroxylation is 2. The van der Waals surface area contributed by atoms with Crippen LogP contribution in [0.15, 0.2) is 169 Å². The standard InChI is InChI=1S/C24H21BrN4O3S.C23H19BrN4O4S.C18H16BrN3O3S.2CH4.ClH/c1-15-7-20(25)17(10-22-23(30)29(2)24(31)33-22)9-21(15)32-14-16-8-19(12-26-11-16)28-13-18-5-3-4-6-27-18;1-28-22(30)21(33-23(28)31)8-15-7-20(19(29)9-18(15)24)32-13-14-6-17(11-25-10-14)27-12-16-4-2-3-5-26-16;1-10-3-14(19)12(6-16-17(23)22(2)18(24)26-16)5-15(10)25-9-11-4-13(20)8-21-7-11;;;/h3-12,28H,13-14H2,1-2H3;2-11,27,29H,12-13H2,1H3;3-8H,9,20H2,1-2H3;2*1H4;1H/b22-10-;21-8-;16-6-;;;. The van der Waals surface area contributed by atoms with Crippen LogP contribution in [0.3, 0.4) is 0 Å². The molecular weight excluding hydrogens is 1490 g/mol. The van der Waals surface area contributed by atoms with Gasteiger partial charge >= 0.3 is 0 Å². The number of likely N-dealkylation sites (N-methyl/N-ethyl adjacent to an activating group) is 3. The Morgan fingerprint density at radius 1 is 0.505 bits per heavy atom. The van der Waals surface area contributed by atoms with Gasteiger partial charge in [0.1, 0.15) is 31.3 Å². The van der Waals surface area contributed by atoms with E-state index in [9.17, 15) is 33.9 Å². The number of amides is 6. The lowest BCUT2D eigenvalue weighted by Gasteiger charge is -2.13. The van der Waals surface area contributed by atoms with Gasteiger partial charge in [-0.15, -0.1) is 12.4 Å². The van der Waals surface area contributed by atoms with Crippen LogP contribution >= 0.6 is 95.5 Å². The first-order valence-electron chi connectivity index (χ1n) is 27.7. The Bertz CT molecular complexity index is 4060. The third-order valence-corrected chi connectivity index (χ3v) is 18.4. The number of nitrogens with one attached hydrogen (secondary N) is 2. The number of benzene rings is 3. The summed E-state index contributed by atoms with van der Waals surface area (Å²) < 4.78 is 20.0. The molecular formula is C67H65Br3ClN11O10S3. The molecule has 11 rings (SSSR count). The summed E-state index contributed by atoms with van der Waals surface area (Å²) >= 11 is 13.1. The highest BCUT2D eigenvalue weighted by Crippen LogP contribution is 2.40. The number of rotatable bonds is 18. The van der Waals surface area contributed by atoms with Crippen molar-refractivity contribution in [2.24, 2.45) is 0 Å². The van der Waals surface area contributed by atoms with Crippen molar-refractivity contribution >= 4 is 164 Å². The van der Waals surface area contributed by atoms with E-state index in [-0.39, 0.29) is 78.8 Å². The summed E-state index contributed by atoms with van der Waals surface area (Å²) in [7, 11) is 4.38. The number of ether oxygens (including phenoxy) is 3. The first kappa shape index (κ1) is 75.5. The van der Waals surface area contributed by atoms with Crippen LogP contribution in [0.1, 0.15) is 70.7 Å². The van der Waals surface area contributed by atoms with E-state index in [1.54, 1.807) is 79.9 Å². The molecule has 6 amide bonds. The van der Waals surface area contributed by atoms with Gasteiger partial charge in [-0.3, -0.25) is 68.4 Å². The molecule has 494 valence electrons. The van der Waals surface area contributed by atoms with Crippen molar-refractivity contribution in [1.82, 2.24) is 39.6 Å². The molecule has 0 radical (unpaired) electrons. The molecule has 3 aliphatic rings. The number of carbonyl (C=O) groups excluding carboxylic acids is 6. The second-order valence-electron chi connectivity index (χ2n) is 20.3. The number of anilines is 3. The Morgan fingerprint density at radius 3 is 1.22 bits per heavy atom. The highest BCUT2D eigenvalue weighted by Gasteiger charge is 2.34. The fourth-order valence-corrected chi connectivity index (χ4v) is 12.5. The lowest BCUT2D eigenvalue weighted by molar-refractivity contribution is -0.122. The fourth-order valence-electron chi connectivity index (χ4n) is 8.50. The van der Waals surface area contributed by atoms with Crippen molar-refractivity contribution in [2.45, 2.75) is 61.6 Å². The number of halogens is 4. The normalized spacial score (nSPS) is 14.6. The van der Waals surface area contributed by atoms with E-state index >= 15 is 0 Å². The third-order valence-electron chi connectivity index (χ3n) is 13.5. The van der Waals surface area contributed by atoms with E-state index in [0.29, 0.717) is 68.2 Å². The van der Waals surface area contributed by atoms with E-state index in [4.69, 9.17) is 19.9 Å². The quantitative estimate of drug-likeness (QED) is 0.0581. The largest absolute Gasteiger partial charge is 0.504 e. The number of hydrogen-bond acceptors (Lipinski definition) is 21. The topological polar surface area (TPSA) is 275 Å². The number of hydrogen-bond donors (Lipinski definition) is 4. The van der Waals surface area contributed by atoms with Crippen LogP contribution in [0.5, 0.6) is 23.0 Å². The maximum absolute atomic E-state index is 12.2. The summed E-state index contributed by atoms with van der Waals surface area (Å²) in [5, 5.41) is 16.0. The summed E-state index contributed by atoms with van der Waals surface area (Å²) in [5.41, 5.74) is 16.4. The SMILES string of the molecule is C.C.CN1C(=O)S/C(=C\c2cc(OCc3cncc(NCc4ccccn4)c3)c(O)cc2Br)C1=O.Cc1cc(Br)c(/C=C2\SC(=O)N(C)C2=O)cc1OCc1cncc(N)c1.Cc1cc(Br)c(/C=C2\SC(=O)N(C)C2=O)cc1OCc1cncc(NCc2ccccn2)c1.Cl. The number of thioether (sulfide) groups is 3. The van der Waals surface area contributed by atoms with Gasteiger partial charge in [0, 0.05) is 101 Å². The molecule has 95 heavy (non-hydrogen) atoms. The molecule has 3 fully saturated rings. The highest BCUT2D eigenvalue weighted by molar-refractivity contribution is 9.11. The van der Waals surface area contributed by atoms with Crippen LogP contribution in [0.2, 0.25) is 0 Å². The smallest absolute Gasteiger partial charge is 0.293 e. The predicted octanol–water partition coefficient (Wildman–Crippen LogP) is 15.9. The van der Waals surface area contributed by atoms with Gasteiger partial charge < -0.3 is 35.7 Å². The fraction of sp³-hybridized carbons (Fsp3) is 0.179. The number of phenolic OH excluding ortho intramolecular Hbond substituents is 1. The number of aromatic nitrogens is 5. The Kier molecular flexibility index (Phi) is 28.0. The molecule has 28 heteroatoms. The van der Waals surface area contributed by atoms with E-state index in [1.807, 2.05) is 86.6 Å². The summed E-state index contributed by atoms with van der Waals surface area (Å²) in [6, 6.07) is 27.9. The zero-order chi connectivity index (χ0) is 65.6. The zero-order valence-electron chi connectivity index (χ0n) is 50.1. The Labute approximate surface area is 594 Å². The number of nitrogen functional groups attached to an aromatic ring is 1. The minimum absolute atomic E-state index is 0. The van der Waals surface area contributed by atoms with Gasteiger partial charge in [-0.05, 0) is 174 Å². The van der Waals surface area contributed by atoms with E-state index < -0.39 is 0 Å². The molecule has 5 N–H and O–H groups in total. The van der Waals surface area contributed by atoms with Gasteiger partial charge in [0.2, 0.25) is 0 Å². The number of carbonyl (C=O) groups is 6. The molecule has 3 aromatic carbocycles. The average molecular weight is 1560 g/mol. The summed E-state index contributed by atoms with van der Waals surface area (Å²) in [6.45, 7) is 5.88. The molecule has 21 nitrogen and oxygen atoms in total. The highest BCUT2D eigenvalue weighted by atomic mass is 79.9. The Balaban J connectivity index is 0.000000224. The van der Waals surface area contributed by atoms with Crippen LogP contribution < -0.4 is 30.6 Å². The number of phenols is 1. The van der Waals surface area contributed by atoms with E-state index in [0.717, 1.165) is 121 Å². The minimum Gasteiger partial charge on any atom is -0.504 e. The van der Waals surface area contributed by atoms with Gasteiger partial charge in [0.15, 0.2) is 11.5 Å². The Hall–Kier alpha value is -8.57. The van der Waals surface area contributed by atoms with Gasteiger partial charge in [-0.25, -0.2) is 0 Å². The number of nitrogens with two attached hydrogens (primary N) is 1. The molecule has 0 aliphatic carbocycles. The van der Waals surface area contributed by atoms with Crippen molar-refractivity contribution in [3.63, 3.8) is 0 Å². The minimum atomic E-state index is -0.367. The van der Waals surface area contributed by atoms with Gasteiger partial charge in [-0.2, -0.15) is 0 Å². The first-order chi connectivity index (χ1) is 44.2. The van der Waals surface area contributed by atoms with E-state index in [1.165, 1.54) is 27.2 Å². The molecule has 5 aromatic heterocycles. The lowest BCUT2D eigenvalue weighted by Crippen LogP contribution is -2.22. The molecule has 0 bridgehead atoms. The van der Waals surface area contributed by atoms with Gasteiger partial charge in [-0.1, -0.05) is 74.8 Å². The second-order valence-corrected chi connectivity index (χ2v) is 25.9. The van der Waals surface area contributed by atoms with Gasteiger partial charge in [0.25, 0.3) is 33.4 Å².